The average molecular weight is 240 g/mol. The van der Waals surface area contributed by atoms with E-state index in [4.69, 9.17) is 11.6 Å². The van der Waals surface area contributed by atoms with E-state index in [1.165, 1.54) is 0 Å². The molecule has 0 bridgehead atoms. The van der Waals surface area contributed by atoms with Gasteiger partial charge in [-0.25, -0.2) is 4.98 Å². The number of hydrogen-bond donors (Lipinski definition) is 1. The van der Waals surface area contributed by atoms with Gasteiger partial charge in [0.2, 0.25) is 5.91 Å². The molecule has 1 aromatic rings. The Labute approximate surface area is 99.0 Å². The van der Waals surface area contributed by atoms with Crippen molar-refractivity contribution in [1.29, 1.82) is 0 Å². The molecule has 1 atom stereocenters. The summed E-state index contributed by atoms with van der Waals surface area (Å²) in [6.07, 6.45) is 7.96. The monoisotopic (exact) mass is 239 g/mol. The van der Waals surface area contributed by atoms with Crippen LogP contribution in [0.1, 0.15) is 42.8 Å². The summed E-state index contributed by atoms with van der Waals surface area (Å²) in [6.45, 7) is 0. The highest BCUT2D eigenvalue weighted by Gasteiger charge is 2.32. The van der Waals surface area contributed by atoms with Crippen LogP contribution >= 0.6 is 11.6 Å². The van der Waals surface area contributed by atoms with E-state index >= 15 is 0 Å². The number of nitrogens with one attached hydrogen (secondary N) is 1. The van der Waals surface area contributed by atoms with E-state index in [-0.39, 0.29) is 5.91 Å². The molecule has 0 radical (unpaired) electrons. The normalized spacial score (nSPS) is 21.8. The second kappa shape index (κ2) is 3.77. The molecule has 1 amide bonds. The van der Waals surface area contributed by atoms with Crippen LogP contribution in [0.15, 0.2) is 12.5 Å². The SMILES string of the molecule is O=C(NC1CC1)C(Cl)c1cncn1C1CC1. The molecule has 1 unspecified atom stereocenters. The minimum atomic E-state index is -0.608. The average Bonchev–Trinajstić information content (AvgIpc) is 3.19. The molecular weight excluding hydrogens is 226 g/mol. The molecule has 0 saturated heterocycles. The summed E-state index contributed by atoms with van der Waals surface area (Å²) in [7, 11) is 0. The second-order valence-corrected chi connectivity index (χ2v) is 5.04. The summed E-state index contributed by atoms with van der Waals surface area (Å²) < 4.78 is 2.03. The third kappa shape index (κ3) is 1.94. The predicted molar refractivity (Wildman–Crippen MR) is 60.3 cm³/mol. The zero-order valence-electron chi connectivity index (χ0n) is 8.90. The van der Waals surface area contributed by atoms with Gasteiger partial charge in [0.1, 0.15) is 0 Å². The fraction of sp³-hybridized carbons (Fsp3) is 0.636. The maximum Gasteiger partial charge on any atom is 0.244 e. The molecule has 5 heteroatoms. The number of nitrogens with zero attached hydrogens (tertiary/aromatic N) is 2. The van der Waals surface area contributed by atoms with Crippen LogP contribution in [-0.2, 0) is 4.79 Å². The summed E-state index contributed by atoms with van der Waals surface area (Å²) in [4.78, 5) is 15.9. The first kappa shape index (κ1) is 10.1. The lowest BCUT2D eigenvalue weighted by molar-refractivity contribution is -0.121. The van der Waals surface area contributed by atoms with E-state index < -0.39 is 5.38 Å². The molecule has 0 aromatic carbocycles. The molecule has 0 spiro atoms. The van der Waals surface area contributed by atoms with Gasteiger partial charge in [-0.2, -0.15) is 0 Å². The number of hydrogen-bond acceptors (Lipinski definition) is 2. The van der Waals surface area contributed by atoms with Gasteiger partial charge in [0.05, 0.1) is 18.2 Å². The standard InChI is InChI=1S/C11H14ClN3O/c12-10(11(16)14-7-1-2-7)9-5-13-6-15(9)8-3-4-8/h5-8,10H,1-4H2,(H,14,16). The minimum Gasteiger partial charge on any atom is -0.352 e. The number of halogens is 1. The molecule has 0 aliphatic heterocycles. The number of carbonyl (C=O) groups is 1. The van der Waals surface area contributed by atoms with Crippen molar-refractivity contribution in [2.75, 3.05) is 0 Å². The van der Waals surface area contributed by atoms with Gasteiger partial charge in [-0.05, 0) is 25.7 Å². The molecule has 86 valence electrons. The van der Waals surface area contributed by atoms with Crippen LogP contribution in [0.25, 0.3) is 0 Å². The van der Waals surface area contributed by atoms with Gasteiger partial charge in [-0.15, -0.1) is 11.6 Å². The van der Waals surface area contributed by atoms with E-state index in [2.05, 4.69) is 10.3 Å². The third-order valence-corrected chi connectivity index (χ3v) is 3.47. The van der Waals surface area contributed by atoms with Crippen LogP contribution < -0.4 is 5.32 Å². The van der Waals surface area contributed by atoms with Crippen molar-refractivity contribution < 1.29 is 4.79 Å². The minimum absolute atomic E-state index is 0.0911. The predicted octanol–water partition coefficient (Wildman–Crippen LogP) is 1.78. The van der Waals surface area contributed by atoms with Gasteiger partial charge in [-0.3, -0.25) is 4.79 Å². The van der Waals surface area contributed by atoms with Crippen molar-refractivity contribution in [2.24, 2.45) is 0 Å². The number of amides is 1. The van der Waals surface area contributed by atoms with Gasteiger partial charge in [-0.1, -0.05) is 0 Å². The van der Waals surface area contributed by atoms with E-state index in [0.29, 0.717) is 12.1 Å². The van der Waals surface area contributed by atoms with Crippen LogP contribution in [0.5, 0.6) is 0 Å². The maximum absolute atomic E-state index is 11.8. The number of imidazole rings is 1. The number of aromatic nitrogens is 2. The highest BCUT2D eigenvalue weighted by Crippen LogP contribution is 2.38. The Balaban J connectivity index is 1.73. The van der Waals surface area contributed by atoms with Gasteiger partial charge < -0.3 is 9.88 Å². The highest BCUT2D eigenvalue weighted by molar-refractivity contribution is 6.30. The first-order chi connectivity index (χ1) is 7.75. The summed E-state index contributed by atoms with van der Waals surface area (Å²) in [5.41, 5.74) is 0.822. The summed E-state index contributed by atoms with van der Waals surface area (Å²) in [5, 5.41) is 2.31. The highest BCUT2D eigenvalue weighted by atomic mass is 35.5. The van der Waals surface area contributed by atoms with Crippen molar-refractivity contribution in [3.05, 3.63) is 18.2 Å². The summed E-state index contributed by atoms with van der Waals surface area (Å²) in [6, 6.07) is 0.860. The van der Waals surface area contributed by atoms with E-state index in [9.17, 15) is 4.79 Å². The molecule has 2 saturated carbocycles. The Morgan fingerprint density at radius 3 is 2.88 bits per heavy atom. The Kier molecular flexibility index (Phi) is 2.39. The second-order valence-electron chi connectivity index (χ2n) is 4.60. The van der Waals surface area contributed by atoms with Gasteiger partial charge in [0.15, 0.2) is 5.38 Å². The third-order valence-electron chi connectivity index (χ3n) is 3.05. The first-order valence-corrected chi connectivity index (χ1v) is 6.15. The lowest BCUT2D eigenvalue weighted by atomic mass is 10.3. The molecule has 1 N–H and O–H groups in total. The van der Waals surface area contributed by atoms with Crippen LogP contribution in [0.4, 0.5) is 0 Å². The maximum atomic E-state index is 11.8. The lowest BCUT2D eigenvalue weighted by Crippen LogP contribution is -2.29. The number of alkyl halides is 1. The summed E-state index contributed by atoms with van der Waals surface area (Å²) in [5.74, 6) is -0.0911. The van der Waals surface area contributed by atoms with Crippen molar-refractivity contribution in [3.8, 4) is 0 Å². The fourth-order valence-corrected chi connectivity index (χ4v) is 2.04. The Morgan fingerprint density at radius 2 is 2.25 bits per heavy atom. The summed E-state index contributed by atoms with van der Waals surface area (Å²) >= 11 is 6.17. The topological polar surface area (TPSA) is 46.9 Å². The Morgan fingerprint density at radius 1 is 1.50 bits per heavy atom. The number of carbonyl (C=O) groups excluding carboxylic acids is 1. The molecule has 3 rings (SSSR count). The largest absolute Gasteiger partial charge is 0.352 e. The van der Waals surface area contributed by atoms with Crippen LogP contribution in [0.2, 0.25) is 0 Å². The van der Waals surface area contributed by atoms with Crippen LogP contribution in [0, 0.1) is 0 Å². The van der Waals surface area contributed by atoms with Crippen LogP contribution in [-0.4, -0.2) is 21.5 Å². The van der Waals surface area contributed by atoms with Crippen LogP contribution in [0.3, 0.4) is 0 Å². The molecule has 2 aliphatic carbocycles. The first-order valence-electron chi connectivity index (χ1n) is 5.72. The molecule has 2 aliphatic rings. The van der Waals surface area contributed by atoms with Crippen molar-refractivity contribution in [1.82, 2.24) is 14.9 Å². The quantitative estimate of drug-likeness (QED) is 0.815. The van der Waals surface area contributed by atoms with Gasteiger partial charge in [0, 0.05) is 12.1 Å². The number of rotatable bonds is 4. The molecule has 2 fully saturated rings. The smallest absolute Gasteiger partial charge is 0.244 e. The van der Waals surface area contributed by atoms with E-state index in [0.717, 1.165) is 31.4 Å². The fourth-order valence-electron chi connectivity index (χ4n) is 1.81. The lowest BCUT2D eigenvalue weighted by Gasteiger charge is -2.12. The van der Waals surface area contributed by atoms with E-state index in [1.54, 1.807) is 12.5 Å². The van der Waals surface area contributed by atoms with Gasteiger partial charge in [0.25, 0.3) is 0 Å². The molecular formula is C11H14ClN3O. The van der Waals surface area contributed by atoms with Crippen molar-refractivity contribution in [3.63, 3.8) is 0 Å². The molecule has 1 heterocycles. The zero-order valence-corrected chi connectivity index (χ0v) is 9.65. The Hall–Kier alpha value is -1.03. The Bertz CT molecular complexity index is 409. The molecule has 16 heavy (non-hydrogen) atoms. The van der Waals surface area contributed by atoms with Crippen molar-refractivity contribution >= 4 is 17.5 Å². The van der Waals surface area contributed by atoms with E-state index in [1.807, 2.05) is 4.57 Å². The van der Waals surface area contributed by atoms with Gasteiger partial charge >= 0.3 is 0 Å². The molecule has 4 nitrogen and oxygen atoms in total. The zero-order chi connectivity index (χ0) is 11.1. The molecule has 1 aromatic heterocycles. The van der Waals surface area contributed by atoms with Crippen molar-refractivity contribution in [2.45, 2.75) is 43.1 Å².